The third-order valence-corrected chi connectivity index (χ3v) is 5.70. The van der Waals surface area contributed by atoms with Crippen LogP contribution in [0, 0.1) is 0 Å². The minimum Gasteiger partial charge on any atom is -0.456 e. The van der Waals surface area contributed by atoms with Gasteiger partial charge >= 0.3 is 0 Å². The second-order valence-corrected chi connectivity index (χ2v) is 7.93. The number of aromatic nitrogens is 1. The Bertz CT molecular complexity index is 1180. The molecule has 2 heterocycles. The number of hydrogen-bond acceptors (Lipinski definition) is 5. The van der Waals surface area contributed by atoms with Crippen LogP contribution in [-0.2, 0) is 21.3 Å². The Labute approximate surface area is 174 Å². The van der Waals surface area contributed by atoms with Crippen molar-refractivity contribution in [3.63, 3.8) is 0 Å². The lowest BCUT2D eigenvalue weighted by atomic mass is 9.84. The number of aldehydes is 1. The van der Waals surface area contributed by atoms with Gasteiger partial charge in [-0.15, -0.1) is 0 Å². The van der Waals surface area contributed by atoms with Gasteiger partial charge in [-0.05, 0) is 17.7 Å². The van der Waals surface area contributed by atoms with E-state index in [9.17, 15) is 13.2 Å². The number of carbonyl (C=O) groups excluding carboxylic acids is 1. The molecule has 1 atom stereocenters. The van der Waals surface area contributed by atoms with E-state index in [0.29, 0.717) is 38.8 Å². The molecule has 4 rings (SSSR count). The number of halogens is 1. The molecule has 1 unspecified atom stereocenters. The van der Waals surface area contributed by atoms with Crippen LogP contribution in [0.1, 0.15) is 28.2 Å². The van der Waals surface area contributed by atoms with Crippen LogP contribution in [0.25, 0.3) is 11.3 Å². The SMILES string of the molecule is O=CC1C(c2cnccc2Cl)=C(c2ccc(C[SH](=O)=O)cc2)Oc2ccccc21. The number of rotatable bonds is 5. The molecule has 1 aliphatic rings. The standard InChI is InChI=1S/C22H16ClNO4S/c23-19-9-10-24-11-17(19)21-18(12-25)16-3-1-2-4-20(16)28-22(21)15-7-5-14(6-8-15)13-29(26)27/h1-12,18,29H,13H2. The first-order valence-electron chi connectivity index (χ1n) is 8.85. The van der Waals surface area contributed by atoms with Gasteiger partial charge in [0.25, 0.3) is 0 Å². The number of para-hydroxylation sites is 1. The summed E-state index contributed by atoms with van der Waals surface area (Å²) in [6.07, 6.45) is 4.07. The highest BCUT2D eigenvalue weighted by atomic mass is 35.5. The highest BCUT2D eigenvalue weighted by Gasteiger charge is 2.32. The molecule has 2 aromatic carbocycles. The number of pyridine rings is 1. The second-order valence-electron chi connectivity index (χ2n) is 6.54. The maximum Gasteiger partial charge on any atom is 0.144 e. The molecule has 0 aliphatic carbocycles. The predicted octanol–water partition coefficient (Wildman–Crippen LogP) is 4.09. The molecule has 0 saturated heterocycles. The van der Waals surface area contributed by atoms with E-state index in [1.54, 1.807) is 42.7 Å². The number of hydrogen-bond donors (Lipinski definition) is 1. The number of thiol groups is 1. The second kappa shape index (κ2) is 8.19. The monoisotopic (exact) mass is 425 g/mol. The summed E-state index contributed by atoms with van der Waals surface area (Å²) < 4.78 is 28.2. The molecule has 0 N–H and O–H groups in total. The van der Waals surface area contributed by atoms with Gasteiger partial charge in [-0.25, -0.2) is 8.42 Å². The van der Waals surface area contributed by atoms with Crippen LogP contribution in [0.15, 0.2) is 67.0 Å². The molecule has 0 bridgehead atoms. The van der Waals surface area contributed by atoms with Gasteiger partial charge in [0, 0.05) is 34.7 Å². The first-order chi connectivity index (χ1) is 14.1. The lowest BCUT2D eigenvalue weighted by Gasteiger charge is -2.28. The van der Waals surface area contributed by atoms with Crippen molar-refractivity contribution < 1.29 is 17.9 Å². The van der Waals surface area contributed by atoms with E-state index in [-0.39, 0.29) is 5.75 Å². The molecule has 5 nitrogen and oxygen atoms in total. The number of benzene rings is 2. The molecule has 0 radical (unpaired) electrons. The summed E-state index contributed by atoms with van der Waals surface area (Å²) in [7, 11) is -2.51. The van der Waals surface area contributed by atoms with Crippen molar-refractivity contribution in [3.8, 4) is 5.75 Å². The number of fused-ring (bicyclic) bond motifs is 1. The van der Waals surface area contributed by atoms with Gasteiger partial charge in [0.15, 0.2) is 0 Å². The van der Waals surface area contributed by atoms with E-state index in [1.807, 2.05) is 24.3 Å². The summed E-state index contributed by atoms with van der Waals surface area (Å²) in [5.41, 5.74) is 3.38. The van der Waals surface area contributed by atoms with Gasteiger partial charge in [0.1, 0.15) is 28.5 Å². The Balaban J connectivity index is 1.93. The average Bonchev–Trinajstić information content (AvgIpc) is 2.73. The van der Waals surface area contributed by atoms with Crippen molar-refractivity contribution in [2.24, 2.45) is 0 Å². The van der Waals surface area contributed by atoms with E-state index < -0.39 is 16.6 Å². The topological polar surface area (TPSA) is 73.3 Å². The minimum atomic E-state index is -2.51. The minimum absolute atomic E-state index is 0.0311. The van der Waals surface area contributed by atoms with Gasteiger partial charge in [-0.2, -0.15) is 0 Å². The van der Waals surface area contributed by atoms with Crippen LogP contribution < -0.4 is 4.74 Å². The fraction of sp³-hybridized carbons (Fsp3) is 0.0909. The Morgan fingerprint density at radius 2 is 1.83 bits per heavy atom. The molecule has 1 aromatic heterocycles. The molecule has 1 aliphatic heterocycles. The number of allylic oxidation sites excluding steroid dienone is 1. The fourth-order valence-electron chi connectivity index (χ4n) is 3.42. The van der Waals surface area contributed by atoms with E-state index in [1.165, 1.54) is 0 Å². The molecule has 0 spiro atoms. The van der Waals surface area contributed by atoms with Crippen LogP contribution in [0.3, 0.4) is 0 Å². The number of nitrogens with zero attached hydrogens (tertiary/aromatic N) is 1. The Kier molecular flexibility index (Phi) is 5.47. The van der Waals surface area contributed by atoms with Crippen molar-refractivity contribution in [2.45, 2.75) is 11.7 Å². The Morgan fingerprint density at radius 1 is 1.07 bits per heavy atom. The maximum absolute atomic E-state index is 12.1. The molecular formula is C22H16ClNO4S. The maximum atomic E-state index is 12.1. The van der Waals surface area contributed by atoms with Crippen LogP contribution in [0.5, 0.6) is 5.75 Å². The van der Waals surface area contributed by atoms with Crippen LogP contribution >= 0.6 is 11.6 Å². The van der Waals surface area contributed by atoms with Gasteiger partial charge < -0.3 is 9.53 Å². The Morgan fingerprint density at radius 3 is 2.52 bits per heavy atom. The van der Waals surface area contributed by atoms with Gasteiger partial charge in [0.05, 0.1) is 16.7 Å². The summed E-state index contributed by atoms with van der Waals surface area (Å²) in [6, 6.07) is 16.0. The largest absolute Gasteiger partial charge is 0.456 e. The van der Waals surface area contributed by atoms with Gasteiger partial charge in [-0.3, -0.25) is 4.98 Å². The Hall–Kier alpha value is -2.96. The summed E-state index contributed by atoms with van der Waals surface area (Å²) in [5, 5.41) is 0.460. The molecule has 3 aromatic rings. The van der Waals surface area contributed by atoms with E-state index in [2.05, 4.69) is 4.98 Å². The zero-order valence-corrected chi connectivity index (χ0v) is 16.8. The third kappa shape index (κ3) is 3.81. The smallest absolute Gasteiger partial charge is 0.144 e. The molecular weight excluding hydrogens is 410 g/mol. The van der Waals surface area contributed by atoms with E-state index in [0.717, 1.165) is 11.8 Å². The summed E-state index contributed by atoms with van der Waals surface area (Å²) in [6.45, 7) is 0. The lowest BCUT2D eigenvalue weighted by Crippen LogP contribution is -2.16. The number of carbonyl (C=O) groups is 1. The zero-order chi connectivity index (χ0) is 20.4. The summed E-state index contributed by atoms with van der Waals surface area (Å²) in [4.78, 5) is 16.3. The summed E-state index contributed by atoms with van der Waals surface area (Å²) >= 11 is 6.43. The van der Waals surface area contributed by atoms with Crippen molar-refractivity contribution in [3.05, 3.63) is 94.3 Å². The third-order valence-electron chi connectivity index (χ3n) is 4.74. The zero-order valence-electron chi connectivity index (χ0n) is 15.1. The van der Waals surface area contributed by atoms with Crippen molar-refractivity contribution in [1.82, 2.24) is 4.98 Å². The normalized spacial score (nSPS) is 15.7. The van der Waals surface area contributed by atoms with Gasteiger partial charge in [-0.1, -0.05) is 54.1 Å². The first-order valence-corrected chi connectivity index (χ1v) is 10.6. The highest BCUT2D eigenvalue weighted by molar-refractivity contribution is 7.71. The van der Waals surface area contributed by atoms with Crippen molar-refractivity contribution in [1.29, 1.82) is 0 Å². The van der Waals surface area contributed by atoms with E-state index in [4.69, 9.17) is 16.3 Å². The van der Waals surface area contributed by atoms with Crippen LogP contribution in [-0.4, -0.2) is 19.7 Å². The van der Waals surface area contributed by atoms with Crippen LogP contribution in [0.4, 0.5) is 0 Å². The molecule has 0 fully saturated rings. The molecule has 0 saturated carbocycles. The molecule has 7 heteroatoms. The van der Waals surface area contributed by atoms with Crippen molar-refractivity contribution in [2.75, 3.05) is 0 Å². The molecule has 29 heavy (non-hydrogen) atoms. The molecule has 146 valence electrons. The lowest BCUT2D eigenvalue weighted by molar-refractivity contribution is -0.108. The number of ether oxygens (including phenoxy) is 1. The summed E-state index contributed by atoms with van der Waals surface area (Å²) in [5.74, 6) is 0.479. The molecule has 0 amide bonds. The van der Waals surface area contributed by atoms with Crippen LogP contribution in [0.2, 0.25) is 5.02 Å². The first kappa shape index (κ1) is 19.4. The fourth-order valence-corrected chi connectivity index (χ4v) is 4.14. The predicted molar refractivity (Wildman–Crippen MR) is 112 cm³/mol. The highest BCUT2D eigenvalue weighted by Crippen LogP contribution is 2.47. The van der Waals surface area contributed by atoms with Gasteiger partial charge in [0.2, 0.25) is 0 Å². The van der Waals surface area contributed by atoms with Crippen molar-refractivity contribution >= 4 is 39.9 Å². The van der Waals surface area contributed by atoms with E-state index >= 15 is 0 Å². The quantitative estimate of drug-likeness (QED) is 0.492. The average molecular weight is 426 g/mol.